The van der Waals surface area contributed by atoms with Gasteiger partial charge in [-0.3, -0.25) is 0 Å². The summed E-state index contributed by atoms with van der Waals surface area (Å²) in [4.78, 5) is 0. The zero-order valence-corrected chi connectivity index (χ0v) is 10.9. The van der Waals surface area contributed by atoms with Crippen LogP contribution >= 0.6 is 0 Å². The van der Waals surface area contributed by atoms with Crippen LogP contribution in [0.3, 0.4) is 0 Å². The van der Waals surface area contributed by atoms with Crippen molar-refractivity contribution in [3.63, 3.8) is 0 Å². The first kappa shape index (κ1) is 12.3. The van der Waals surface area contributed by atoms with Crippen molar-refractivity contribution in [2.75, 3.05) is 0 Å². The molecule has 0 saturated heterocycles. The van der Waals surface area contributed by atoms with Gasteiger partial charge in [-0.1, -0.05) is 0 Å². The minimum Gasteiger partial charge on any atom is -0.187 e. The molecule has 0 fully saturated rings. The minimum absolute atomic E-state index is 0. The Balaban J connectivity index is 0.000000206. The first-order chi connectivity index (χ1) is 6.00. The van der Waals surface area contributed by atoms with E-state index in [2.05, 4.69) is 48.6 Å². The van der Waals surface area contributed by atoms with E-state index in [1.54, 1.807) is 0 Å². The maximum absolute atomic E-state index is 2.12. The van der Waals surface area contributed by atoms with Gasteiger partial charge in [-0.15, -0.1) is 12.8 Å². The Hall–Kier alpha value is -0.677. The molecule has 0 amide bonds. The van der Waals surface area contributed by atoms with Gasteiger partial charge >= 0.3 is 19.5 Å². The first-order valence-electron chi connectivity index (χ1n) is 4.30. The van der Waals surface area contributed by atoms with Crippen molar-refractivity contribution in [3.05, 3.63) is 61.4 Å². The number of allylic oxidation sites excluding steroid dienone is 8. The van der Waals surface area contributed by atoms with Crippen LogP contribution < -0.4 is 0 Å². The molecule has 0 aromatic heterocycles. The Morgan fingerprint density at radius 3 is 1.00 bits per heavy atom. The van der Waals surface area contributed by atoms with E-state index < -0.39 is 0 Å². The summed E-state index contributed by atoms with van der Waals surface area (Å²) in [5.41, 5.74) is 0. The monoisotopic (exact) mass is 222 g/mol. The maximum atomic E-state index is 2.12. The van der Waals surface area contributed by atoms with Crippen LogP contribution in [-0.2, 0) is 19.5 Å². The largest absolute Gasteiger partial charge is 2.00 e. The van der Waals surface area contributed by atoms with Crippen molar-refractivity contribution >= 4 is 0 Å². The second-order valence-corrected chi connectivity index (χ2v) is 2.57. The van der Waals surface area contributed by atoms with Gasteiger partial charge in [0.25, 0.3) is 0 Å². The van der Waals surface area contributed by atoms with Gasteiger partial charge in [-0.25, -0.2) is 0 Å². The van der Waals surface area contributed by atoms with Gasteiger partial charge in [0.2, 0.25) is 0 Å². The summed E-state index contributed by atoms with van der Waals surface area (Å²) in [5, 5.41) is 0. The number of hydrogen-bond acceptors (Lipinski definition) is 0. The van der Waals surface area contributed by atoms with E-state index in [1.807, 2.05) is 12.8 Å². The molecule has 0 saturated carbocycles. The zero-order chi connectivity index (χ0) is 8.49. The molecule has 2 aliphatic rings. The molecule has 0 radical (unpaired) electrons. The van der Waals surface area contributed by atoms with Gasteiger partial charge in [0.15, 0.2) is 0 Å². The van der Waals surface area contributed by atoms with Crippen LogP contribution in [0.25, 0.3) is 0 Å². The van der Waals surface area contributed by atoms with Gasteiger partial charge in [-0.05, 0) is 0 Å². The fraction of sp³-hybridized carbons (Fsp3) is 0.167. The van der Waals surface area contributed by atoms with Crippen molar-refractivity contribution in [2.24, 2.45) is 0 Å². The fourth-order valence-corrected chi connectivity index (χ4v) is 0.914. The third-order valence-electron chi connectivity index (χ3n) is 1.53. The van der Waals surface area contributed by atoms with Crippen LogP contribution in [0, 0.1) is 12.8 Å². The fourth-order valence-electron chi connectivity index (χ4n) is 0.914. The van der Waals surface area contributed by atoms with Crippen molar-refractivity contribution in [1.82, 2.24) is 0 Å². The second kappa shape index (κ2) is 9.41. The van der Waals surface area contributed by atoms with Crippen molar-refractivity contribution in [2.45, 2.75) is 12.8 Å². The average Bonchev–Trinajstić information content (AvgIpc) is 2.24. The molecule has 13 heavy (non-hydrogen) atoms. The van der Waals surface area contributed by atoms with Crippen LogP contribution in [0.4, 0.5) is 0 Å². The molecule has 0 nitrogen and oxygen atoms in total. The summed E-state index contributed by atoms with van der Waals surface area (Å²) < 4.78 is 0. The molecule has 0 aliphatic heterocycles. The predicted molar refractivity (Wildman–Crippen MR) is 54.4 cm³/mol. The quantitative estimate of drug-likeness (QED) is 0.436. The summed E-state index contributed by atoms with van der Waals surface area (Å²) in [6.45, 7) is 0. The Morgan fingerprint density at radius 2 is 0.923 bits per heavy atom. The van der Waals surface area contributed by atoms with Gasteiger partial charge < -0.3 is 0 Å². The third-order valence-corrected chi connectivity index (χ3v) is 1.53. The van der Waals surface area contributed by atoms with Crippen LogP contribution in [0.1, 0.15) is 12.8 Å². The van der Waals surface area contributed by atoms with Crippen LogP contribution in [0.15, 0.2) is 48.6 Å². The van der Waals surface area contributed by atoms with Crippen LogP contribution in [0.2, 0.25) is 0 Å². The SMILES string of the molecule is C1=CCC=C[CH-]1.C1=CCC=C[CH-]1.[Zn+2]. The van der Waals surface area contributed by atoms with Gasteiger partial charge in [0.1, 0.15) is 0 Å². The second-order valence-electron chi connectivity index (χ2n) is 2.57. The van der Waals surface area contributed by atoms with E-state index in [1.165, 1.54) is 0 Å². The van der Waals surface area contributed by atoms with E-state index in [-0.39, 0.29) is 19.5 Å². The van der Waals surface area contributed by atoms with Crippen molar-refractivity contribution < 1.29 is 19.5 Å². The molecule has 0 unspecified atom stereocenters. The maximum Gasteiger partial charge on any atom is 2.00 e. The van der Waals surface area contributed by atoms with E-state index in [0.29, 0.717) is 0 Å². The standard InChI is InChI=1S/2C6H7.Zn/c2*1-2-4-6-5-3-1;/h2*1-5H,6H2;/q2*-1;+2. The summed E-state index contributed by atoms with van der Waals surface area (Å²) in [5.74, 6) is 0. The molecule has 0 bridgehead atoms. The molecule has 1 heteroatoms. The molecule has 2 rings (SSSR count). The molecule has 0 heterocycles. The van der Waals surface area contributed by atoms with E-state index in [4.69, 9.17) is 0 Å². The molecule has 0 atom stereocenters. The molecule has 0 aromatic carbocycles. The molecule has 2 aliphatic carbocycles. The molecular weight excluding hydrogens is 210 g/mol. The molecular formula is C12H14Zn. The molecule has 64 valence electrons. The predicted octanol–water partition coefficient (Wildman–Crippen LogP) is 3.41. The Labute approximate surface area is 93.9 Å². The van der Waals surface area contributed by atoms with E-state index >= 15 is 0 Å². The Kier molecular flexibility index (Phi) is 8.92. The van der Waals surface area contributed by atoms with Gasteiger partial charge in [0, 0.05) is 0 Å². The average molecular weight is 224 g/mol. The normalized spacial score (nSPS) is 16.0. The van der Waals surface area contributed by atoms with Crippen LogP contribution in [-0.4, -0.2) is 0 Å². The Morgan fingerprint density at radius 1 is 0.615 bits per heavy atom. The molecule has 0 N–H and O–H groups in total. The van der Waals surface area contributed by atoms with E-state index in [0.717, 1.165) is 12.8 Å². The zero-order valence-electron chi connectivity index (χ0n) is 7.89. The minimum atomic E-state index is 0. The summed E-state index contributed by atoms with van der Waals surface area (Å²) in [7, 11) is 0. The van der Waals surface area contributed by atoms with Crippen LogP contribution in [0.5, 0.6) is 0 Å². The Bertz CT molecular complexity index is 145. The van der Waals surface area contributed by atoms with Crippen molar-refractivity contribution in [3.8, 4) is 0 Å². The summed E-state index contributed by atoms with van der Waals surface area (Å²) in [6, 6.07) is 0. The summed E-state index contributed by atoms with van der Waals surface area (Å²) >= 11 is 0. The first-order valence-corrected chi connectivity index (χ1v) is 4.30. The van der Waals surface area contributed by atoms with Gasteiger partial charge in [-0.2, -0.15) is 61.4 Å². The van der Waals surface area contributed by atoms with Crippen molar-refractivity contribution in [1.29, 1.82) is 0 Å². The number of hydrogen-bond donors (Lipinski definition) is 0. The summed E-state index contributed by atoms with van der Waals surface area (Å²) in [6.07, 6.45) is 23.0. The number of rotatable bonds is 0. The third kappa shape index (κ3) is 7.68. The smallest absolute Gasteiger partial charge is 0.187 e. The molecule has 0 aromatic rings. The van der Waals surface area contributed by atoms with Gasteiger partial charge in [0.05, 0.1) is 0 Å². The molecule has 0 spiro atoms. The van der Waals surface area contributed by atoms with E-state index in [9.17, 15) is 0 Å². The topological polar surface area (TPSA) is 0 Å².